The Bertz CT molecular complexity index is 897. The molecule has 1 N–H and O–H groups in total. The number of benzene rings is 2. The Labute approximate surface area is 162 Å². The Morgan fingerprint density at radius 2 is 1.63 bits per heavy atom. The van der Waals surface area contributed by atoms with E-state index in [1.165, 1.54) is 16.3 Å². The van der Waals surface area contributed by atoms with Crippen LogP contribution in [0.25, 0.3) is 11.3 Å². The highest BCUT2D eigenvalue weighted by atomic mass is 28.3. The zero-order chi connectivity index (χ0) is 19.6. The standard InChI is InChI=1S/C22H27NO3Si/c1-25-19-12-16-13-21(27(3,4)5)17-9-7-6-8-15(17)10-11-23-22(24)18(16)14-20(19)26-2/h6-9,12-14H,10-11H2,1-5H3,(H,23,24)/b21-13-. The van der Waals surface area contributed by atoms with Crippen molar-refractivity contribution >= 4 is 25.3 Å². The maximum Gasteiger partial charge on any atom is 0.252 e. The van der Waals surface area contributed by atoms with Gasteiger partial charge in [0.15, 0.2) is 11.5 Å². The van der Waals surface area contributed by atoms with Gasteiger partial charge < -0.3 is 14.8 Å². The van der Waals surface area contributed by atoms with Gasteiger partial charge in [-0.15, -0.1) is 0 Å². The molecule has 142 valence electrons. The minimum absolute atomic E-state index is 0.0866. The summed E-state index contributed by atoms with van der Waals surface area (Å²) in [6.45, 7) is 7.61. The van der Waals surface area contributed by atoms with E-state index in [0.29, 0.717) is 23.6 Å². The van der Waals surface area contributed by atoms with Crippen molar-refractivity contribution in [3.8, 4) is 11.5 Å². The highest BCUT2D eigenvalue weighted by molar-refractivity contribution is 6.94. The van der Waals surface area contributed by atoms with Crippen LogP contribution in [-0.2, 0) is 6.42 Å². The van der Waals surface area contributed by atoms with Gasteiger partial charge in [0.1, 0.15) is 0 Å². The van der Waals surface area contributed by atoms with Crippen LogP contribution < -0.4 is 14.8 Å². The Balaban J connectivity index is 2.32. The van der Waals surface area contributed by atoms with Crippen molar-refractivity contribution < 1.29 is 14.3 Å². The molecule has 1 heterocycles. The summed E-state index contributed by atoms with van der Waals surface area (Å²) in [6, 6.07) is 12.2. The molecular weight excluding hydrogens is 354 g/mol. The molecule has 0 spiro atoms. The maximum atomic E-state index is 12.8. The van der Waals surface area contributed by atoms with Gasteiger partial charge in [-0.05, 0) is 35.2 Å². The molecule has 3 rings (SSSR count). The van der Waals surface area contributed by atoms with E-state index in [9.17, 15) is 4.79 Å². The molecule has 0 bridgehead atoms. The SMILES string of the molecule is COc1cc2c(cc1OC)C(=O)NCCc1ccccc1/C([Si](C)(C)C)=C/2. The lowest BCUT2D eigenvalue weighted by Crippen LogP contribution is -2.29. The molecule has 0 unspecified atom stereocenters. The van der Waals surface area contributed by atoms with E-state index in [4.69, 9.17) is 9.47 Å². The Morgan fingerprint density at radius 3 is 2.30 bits per heavy atom. The fourth-order valence-electron chi connectivity index (χ4n) is 3.47. The molecule has 1 aliphatic rings. The first-order valence-electron chi connectivity index (χ1n) is 9.20. The monoisotopic (exact) mass is 381 g/mol. The molecule has 0 aromatic heterocycles. The molecule has 0 saturated carbocycles. The molecule has 0 radical (unpaired) electrons. The number of fused-ring (bicyclic) bond motifs is 2. The summed E-state index contributed by atoms with van der Waals surface area (Å²) in [7, 11) is 1.52. The average molecular weight is 382 g/mol. The van der Waals surface area contributed by atoms with E-state index in [-0.39, 0.29) is 5.91 Å². The van der Waals surface area contributed by atoms with Crippen molar-refractivity contribution in [1.29, 1.82) is 0 Å². The summed E-state index contributed by atoms with van der Waals surface area (Å²) in [5, 5.41) is 4.37. The highest BCUT2D eigenvalue weighted by Crippen LogP contribution is 2.36. The molecule has 1 amide bonds. The summed E-state index contributed by atoms with van der Waals surface area (Å²) < 4.78 is 10.9. The molecule has 0 saturated heterocycles. The smallest absolute Gasteiger partial charge is 0.252 e. The second kappa shape index (κ2) is 7.60. The number of amides is 1. The molecule has 5 heteroatoms. The molecule has 4 nitrogen and oxygen atoms in total. The molecule has 0 fully saturated rings. The van der Waals surface area contributed by atoms with Crippen molar-refractivity contribution in [3.05, 3.63) is 58.7 Å². The van der Waals surface area contributed by atoms with Gasteiger partial charge >= 0.3 is 0 Å². The first kappa shape index (κ1) is 19.2. The zero-order valence-electron chi connectivity index (χ0n) is 16.7. The molecule has 1 aliphatic heterocycles. The van der Waals surface area contributed by atoms with Gasteiger partial charge in [0.25, 0.3) is 5.91 Å². The number of rotatable bonds is 3. The van der Waals surface area contributed by atoms with Crippen LogP contribution in [-0.4, -0.2) is 34.7 Å². The minimum Gasteiger partial charge on any atom is -0.493 e. The van der Waals surface area contributed by atoms with Crippen molar-refractivity contribution in [1.82, 2.24) is 5.32 Å². The van der Waals surface area contributed by atoms with Gasteiger partial charge in [0, 0.05) is 6.54 Å². The largest absolute Gasteiger partial charge is 0.493 e. The highest BCUT2D eigenvalue weighted by Gasteiger charge is 2.25. The van der Waals surface area contributed by atoms with Gasteiger partial charge in [0.05, 0.1) is 27.9 Å². The van der Waals surface area contributed by atoms with Crippen molar-refractivity contribution in [2.24, 2.45) is 0 Å². The first-order valence-corrected chi connectivity index (χ1v) is 12.7. The topological polar surface area (TPSA) is 47.6 Å². The van der Waals surface area contributed by atoms with Crippen LogP contribution in [0.3, 0.4) is 0 Å². The van der Waals surface area contributed by atoms with E-state index >= 15 is 0 Å². The number of hydrogen-bond acceptors (Lipinski definition) is 3. The number of carbonyl (C=O) groups excluding carboxylic acids is 1. The molecule has 2 aromatic rings. The molecule has 0 aliphatic carbocycles. The van der Waals surface area contributed by atoms with Crippen LogP contribution in [0.15, 0.2) is 36.4 Å². The Hall–Kier alpha value is -2.53. The lowest BCUT2D eigenvalue weighted by atomic mass is 9.99. The van der Waals surface area contributed by atoms with Crippen LogP contribution in [0, 0.1) is 0 Å². The predicted octanol–water partition coefficient (Wildman–Crippen LogP) is 4.41. The second-order valence-electron chi connectivity index (χ2n) is 7.77. The van der Waals surface area contributed by atoms with Crippen LogP contribution in [0.5, 0.6) is 11.5 Å². The zero-order valence-corrected chi connectivity index (χ0v) is 17.7. The van der Waals surface area contributed by atoms with E-state index < -0.39 is 8.07 Å². The summed E-state index contributed by atoms with van der Waals surface area (Å²) >= 11 is 0. The number of hydrogen-bond donors (Lipinski definition) is 1. The third-order valence-electron chi connectivity index (χ3n) is 4.90. The quantitative estimate of drug-likeness (QED) is 0.801. The van der Waals surface area contributed by atoms with Gasteiger partial charge in [0.2, 0.25) is 0 Å². The average Bonchev–Trinajstić information content (AvgIpc) is 2.64. The van der Waals surface area contributed by atoms with E-state index in [0.717, 1.165) is 12.0 Å². The summed E-state index contributed by atoms with van der Waals surface area (Å²) in [5.41, 5.74) is 4.03. The normalized spacial score (nSPS) is 16.3. The summed E-state index contributed by atoms with van der Waals surface area (Å²) in [4.78, 5) is 12.8. The fraction of sp³-hybridized carbons (Fsp3) is 0.318. The second-order valence-corrected chi connectivity index (χ2v) is 12.8. The molecule has 0 atom stereocenters. The molecular formula is C22H27NO3Si. The van der Waals surface area contributed by atoms with E-state index in [1.54, 1.807) is 20.3 Å². The lowest BCUT2D eigenvalue weighted by Gasteiger charge is -2.26. The Morgan fingerprint density at radius 1 is 0.963 bits per heavy atom. The van der Waals surface area contributed by atoms with Crippen LogP contribution in [0.1, 0.15) is 27.0 Å². The van der Waals surface area contributed by atoms with Gasteiger partial charge in [-0.3, -0.25) is 4.79 Å². The number of nitrogens with one attached hydrogen (secondary N) is 1. The van der Waals surface area contributed by atoms with Gasteiger partial charge in [-0.2, -0.15) is 0 Å². The van der Waals surface area contributed by atoms with E-state index in [2.05, 4.69) is 55.3 Å². The van der Waals surface area contributed by atoms with Crippen molar-refractivity contribution in [2.75, 3.05) is 20.8 Å². The minimum atomic E-state index is -1.68. The summed E-state index contributed by atoms with van der Waals surface area (Å²) in [6.07, 6.45) is 2.99. The maximum absolute atomic E-state index is 12.8. The molecule has 2 aromatic carbocycles. The summed E-state index contributed by atoms with van der Waals surface area (Å²) in [5.74, 6) is 1.10. The first-order chi connectivity index (χ1) is 12.8. The number of methoxy groups -OCH3 is 2. The van der Waals surface area contributed by atoms with Crippen LogP contribution >= 0.6 is 0 Å². The lowest BCUT2D eigenvalue weighted by molar-refractivity contribution is 0.0953. The third kappa shape index (κ3) is 3.93. The van der Waals surface area contributed by atoms with Crippen molar-refractivity contribution in [2.45, 2.75) is 26.1 Å². The predicted molar refractivity (Wildman–Crippen MR) is 113 cm³/mol. The third-order valence-corrected chi connectivity index (χ3v) is 6.93. The number of carbonyl (C=O) groups is 1. The van der Waals surface area contributed by atoms with Crippen LogP contribution in [0.4, 0.5) is 0 Å². The molecule has 27 heavy (non-hydrogen) atoms. The van der Waals surface area contributed by atoms with Crippen molar-refractivity contribution in [3.63, 3.8) is 0 Å². The van der Waals surface area contributed by atoms with E-state index in [1.807, 2.05) is 6.07 Å². The number of ether oxygens (including phenoxy) is 2. The fourth-order valence-corrected chi connectivity index (χ4v) is 5.11. The van der Waals surface area contributed by atoms with Gasteiger partial charge in [-0.25, -0.2) is 0 Å². The Kier molecular flexibility index (Phi) is 5.42. The van der Waals surface area contributed by atoms with Crippen LogP contribution in [0.2, 0.25) is 19.6 Å². The van der Waals surface area contributed by atoms with Gasteiger partial charge in [-0.1, -0.05) is 55.2 Å².